The van der Waals surface area contributed by atoms with E-state index < -0.39 is 17.4 Å². The second kappa shape index (κ2) is 15.0. The lowest BCUT2D eigenvalue weighted by Crippen LogP contribution is -2.33. The highest BCUT2D eigenvalue weighted by atomic mass is 16.5. The molecule has 63 heavy (non-hydrogen) atoms. The molecule has 0 bridgehead atoms. The molecular formula is C59H46O4. The Morgan fingerprint density at radius 1 is 0.540 bits per heavy atom. The van der Waals surface area contributed by atoms with E-state index in [1.807, 2.05) is 0 Å². The SMILES string of the molecule is C=CC(=O)OCCCC1(COC(=O)C=C)c2cc(-c3ccc4c5c(cccc35)-c3ccccc3-4)ccc2-c2ccc(-c3ccc4ccc5cc(CC(C)C)cc6ccc3c4c56)cc21. The van der Waals surface area contributed by atoms with Gasteiger partial charge in [-0.2, -0.15) is 0 Å². The van der Waals surface area contributed by atoms with Crippen LogP contribution in [-0.2, 0) is 30.9 Å². The Morgan fingerprint density at radius 2 is 1.08 bits per heavy atom. The van der Waals surface area contributed by atoms with E-state index in [1.54, 1.807) is 0 Å². The maximum Gasteiger partial charge on any atom is 0.330 e. The maximum atomic E-state index is 13.0. The highest BCUT2D eigenvalue weighted by Crippen LogP contribution is 2.55. The normalized spacial score (nSPS) is 14.7. The fraction of sp³-hybridized carbons (Fsp3) is 0.153. The predicted molar refractivity (Wildman–Crippen MR) is 259 cm³/mol. The Bertz CT molecular complexity index is 3340. The van der Waals surface area contributed by atoms with Gasteiger partial charge in [0, 0.05) is 12.2 Å². The molecule has 11 rings (SSSR count). The number of hydrogen-bond acceptors (Lipinski definition) is 4. The maximum absolute atomic E-state index is 13.0. The lowest BCUT2D eigenvalue weighted by atomic mass is 9.74. The second-order valence-electron chi connectivity index (χ2n) is 17.7. The van der Waals surface area contributed by atoms with E-state index in [0.29, 0.717) is 18.8 Å². The summed E-state index contributed by atoms with van der Waals surface area (Å²) in [4.78, 5) is 25.3. The molecule has 0 aliphatic heterocycles. The van der Waals surface area contributed by atoms with Crippen LogP contribution in [0.2, 0.25) is 0 Å². The van der Waals surface area contributed by atoms with Gasteiger partial charge in [0.05, 0.1) is 12.0 Å². The van der Waals surface area contributed by atoms with E-state index in [-0.39, 0.29) is 13.2 Å². The first-order valence-electron chi connectivity index (χ1n) is 22.0. The van der Waals surface area contributed by atoms with Gasteiger partial charge in [-0.1, -0.05) is 154 Å². The molecule has 0 N–H and O–H groups in total. The zero-order valence-electron chi connectivity index (χ0n) is 35.6. The van der Waals surface area contributed by atoms with E-state index in [1.165, 1.54) is 83.1 Å². The molecule has 0 fully saturated rings. The monoisotopic (exact) mass is 818 g/mol. The zero-order chi connectivity index (χ0) is 43.0. The molecule has 0 amide bonds. The van der Waals surface area contributed by atoms with Crippen molar-refractivity contribution < 1.29 is 19.1 Å². The molecule has 9 aromatic rings. The van der Waals surface area contributed by atoms with Gasteiger partial charge in [-0.15, -0.1) is 0 Å². The molecule has 0 saturated carbocycles. The largest absolute Gasteiger partial charge is 0.463 e. The molecule has 1 unspecified atom stereocenters. The summed E-state index contributed by atoms with van der Waals surface area (Å²) >= 11 is 0. The standard InChI is InChI=1S/C59H46O4/c1-5-54(60)62-28-10-27-59(34-63-55(61)6-2)52-32-38(42-21-17-37-15-16-40-30-36(29-35(3)4)31-41-20-24-50(42)57(37)56(40)41)18-22-46(52)47-23-19-39(33-53(47)59)43-25-26-51-45-12-8-7-11-44(45)49-14-9-13-48(43)58(49)51/h5-9,11-26,30-33,35H,1-2,10,27-29,34H2,3-4H3. The first-order chi connectivity index (χ1) is 30.8. The van der Waals surface area contributed by atoms with Gasteiger partial charge >= 0.3 is 11.9 Å². The quantitative estimate of drug-likeness (QED) is 0.0533. The van der Waals surface area contributed by atoms with Crippen molar-refractivity contribution in [1.82, 2.24) is 0 Å². The number of esters is 2. The zero-order valence-corrected chi connectivity index (χ0v) is 35.6. The minimum Gasteiger partial charge on any atom is -0.463 e. The summed E-state index contributed by atoms with van der Waals surface area (Å²) in [5.41, 5.74) is 14.5. The van der Waals surface area contributed by atoms with Gasteiger partial charge in [-0.25, -0.2) is 9.59 Å². The lowest BCUT2D eigenvalue weighted by molar-refractivity contribution is -0.139. The van der Waals surface area contributed by atoms with Crippen molar-refractivity contribution >= 4 is 55.0 Å². The van der Waals surface area contributed by atoms with Crippen LogP contribution in [-0.4, -0.2) is 25.2 Å². The van der Waals surface area contributed by atoms with Crippen LogP contribution in [0.5, 0.6) is 0 Å². The summed E-state index contributed by atoms with van der Waals surface area (Å²) < 4.78 is 11.7. The third-order valence-electron chi connectivity index (χ3n) is 13.6. The lowest BCUT2D eigenvalue weighted by Gasteiger charge is -2.32. The number of ether oxygens (including phenoxy) is 2. The molecule has 2 aliphatic rings. The average molecular weight is 819 g/mol. The third kappa shape index (κ3) is 6.11. The Morgan fingerprint density at radius 3 is 1.75 bits per heavy atom. The highest BCUT2D eigenvalue weighted by Gasteiger charge is 2.45. The predicted octanol–water partition coefficient (Wildman–Crippen LogP) is 14.4. The summed E-state index contributed by atoms with van der Waals surface area (Å²) in [5, 5.41) is 9.99. The smallest absolute Gasteiger partial charge is 0.330 e. The van der Waals surface area contributed by atoms with Gasteiger partial charge in [-0.3, -0.25) is 0 Å². The van der Waals surface area contributed by atoms with Crippen molar-refractivity contribution in [3.05, 3.63) is 182 Å². The van der Waals surface area contributed by atoms with Crippen LogP contribution >= 0.6 is 0 Å². The number of fused-ring (bicyclic) bond motifs is 6. The van der Waals surface area contributed by atoms with Crippen LogP contribution in [0.15, 0.2) is 165 Å². The van der Waals surface area contributed by atoms with Gasteiger partial charge in [0.25, 0.3) is 0 Å². The van der Waals surface area contributed by atoms with Crippen molar-refractivity contribution in [2.24, 2.45) is 5.92 Å². The van der Waals surface area contributed by atoms with Gasteiger partial charge in [0.15, 0.2) is 0 Å². The first kappa shape index (κ1) is 38.6. The molecular weight excluding hydrogens is 773 g/mol. The van der Waals surface area contributed by atoms with Gasteiger partial charge in [0.1, 0.15) is 6.61 Å². The van der Waals surface area contributed by atoms with E-state index >= 15 is 0 Å². The molecule has 9 aromatic carbocycles. The molecule has 0 radical (unpaired) electrons. The molecule has 1 atom stereocenters. The van der Waals surface area contributed by atoms with Crippen LogP contribution in [0.4, 0.5) is 0 Å². The van der Waals surface area contributed by atoms with E-state index in [4.69, 9.17) is 9.47 Å². The Balaban J connectivity index is 1.09. The molecule has 0 spiro atoms. The number of carbonyl (C=O) groups is 2. The van der Waals surface area contributed by atoms with Gasteiger partial charge in [-0.05, 0) is 153 Å². The Kier molecular flexibility index (Phi) is 9.17. The van der Waals surface area contributed by atoms with Gasteiger partial charge < -0.3 is 9.47 Å². The number of rotatable bonds is 12. The molecule has 306 valence electrons. The Labute approximate surface area is 367 Å². The summed E-state index contributed by atoms with van der Waals surface area (Å²) in [7, 11) is 0. The van der Waals surface area contributed by atoms with Crippen LogP contribution in [0.1, 0.15) is 43.4 Å². The Hall–Kier alpha value is -7.30. The third-order valence-corrected chi connectivity index (χ3v) is 13.6. The minimum absolute atomic E-state index is 0.0937. The van der Waals surface area contributed by atoms with E-state index in [0.717, 1.165) is 50.9 Å². The van der Waals surface area contributed by atoms with Crippen LogP contribution in [0, 0.1) is 5.92 Å². The van der Waals surface area contributed by atoms with Crippen molar-refractivity contribution in [1.29, 1.82) is 0 Å². The first-order valence-corrected chi connectivity index (χ1v) is 22.0. The summed E-state index contributed by atoms with van der Waals surface area (Å²) in [6.07, 6.45) is 4.56. The fourth-order valence-corrected chi connectivity index (χ4v) is 11.0. The number of benzene rings is 9. The highest BCUT2D eigenvalue weighted by molar-refractivity contribution is 6.26. The van der Waals surface area contributed by atoms with Crippen LogP contribution < -0.4 is 0 Å². The summed E-state index contributed by atoms with van der Waals surface area (Å²) in [6.45, 7) is 12.2. The minimum atomic E-state index is -0.766. The number of carbonyl (C=O) groups excluding carboxylic acids is 2. The van der Waals surface area contributed by atoms with Crippen molar-refractivity contribution in [2.45, 2.75) is 38.5 Å². The summed E-state index contributed by atoms with van der Waals surface area (Å²) in [5.74, 6) is -0.368. The van der Waals surface area contributed by atoms with Crippen molar-refractivity contribution in [3.63, 3.8) is 0 Å². The molecule has 0 aromatic heterocycles. The van der Waals surface area contributed by atoms with E-state index in [9.17, 15) is 9.59 Å². The fourth-order valence-electron chi connectivity index (χ4n) is 11.0. The van der Waals surface area contributed by atoms with E-state index in [2.05, 4.69) is 167 Å². The summed E-state index contributed by atoms with van der Waals surface area (Å²) in [6, 6.07) is 51.6. The average Bonchev–Trinajstić information content (AvgIpc) is 3.78. The van der Waals surface area contributed by atoms with Crippen LogP contribution in [0.3, 0.4) is 0 Å². The van der Waals surface area contributed by atoms with Crippen molar-refractivity contribution in [2.75, 3.05) is 13.2 Å². The van der Waals surface area contributed by atoms with Crippen LogP contribution in [0.25, 0.3) is 98.7 Å². The van der Waals surface area contributed by atoms with Crippen molar-refractivity contribution in [3.8, 4) is 55.6 Å². The van der Waals surface area contributed by atoms with Gasteiger partial charge in [0.2, 0.25) is 0 Å². The second-order valence-corrected chi connectivity index (χ2v) is 17.7. The topological polar surface area (TPSA) is 52.6 Å². The molecule has 2 aliphatic carbocycles. The molecule has 4 nitrogen and oxygen atoms in total. The number of hydrogen-bond donors (Lipinski definition) is 0. The molecule has 0 heterocycles. The molecule has 4 heteroatoms. The molecule has 0 saturated heterocycles.